The molecule has 3 atom stereocenters. The highest BCUT2D eigenvalue weighted by molar-refractivity contribution is 7.45. The van der Waals surface area contributed by atoms with Crippen molar-refractivity contribution < 1.29 is 37.3 Å². The van der Waals surface area contributed by atoms with Crippen LogP contribution >= 0.6 is 7.82 Å². The molecule has 0 aromatic rings. The Kier molecular flexibility index (Phi) is 56.6. The number of quaternary nitrogens is 1. The fraction of sp³-hybridized carbons (Fsp3) is 0.910. The van der Waals surface area contributed by atoms with E-state index in [1.54, 1.807) is 0 Å². The lowest BCUT2D eigenvalue weighted by Gasteiger charge is -2.30. The fourth-order valence-corrected chi connectivity index (χ4v) is 10.9. The number of ether oxygens (including phenoxy) is 1. The molecule has 3 unspecified atom stereocenters. The van der Waals surface area contributed by atoms with Crippen LogP contribution in [-0.4, -0.2) is 69.4 Å². The van der Waals surface area contributed by atoms with E-state index in [-0.39, 0.29) is 31.5 Å². The molecule has 0 aromatic heterocycles. The Morgan fingerprint density at radius 1 is 0.442 bits per heavy atom. The second-order valence-electron chi connectivity index (χ2n) is 24.3. The fourth-order valence-electron chi connectivity index (χ4n) is 10.2. The normalized spacial score (nSPS) is 13.7. The van der Waals surface area contributed by atoms with E-state index in [1.807, 2.05) is 33.3 Å². The first kappa shape index (κ1) is 75.5. The lowest BCUT2D eigenvalue weighted by atomic mass is 10.0. The SMILES string of the molecule is CCCCCCCC/C=C/CCCCCCCCCCCCCC(=O)NC(COP(=O)([O-])OCC[N+](C)(C)C)C(/C=C/CCCCCCCCCCC)OC(=O)CCCCCCCCCCCCCCCCCCCCC. The van der Waals surface area contributed by atoms with Crippen molar-refractivity contribution in [2.75, 3.05) is 40.9 Å². The Balaban J connectivity index is 5.08. The van der Waals surface area contributed by atoms with Crippen molar-refractivity contribution in [3.05, 3.63) is 24.3 Å². The highest BCUT2D eigenvalue weighted by Gasteiger charge is 2.27. The van der Waals surface area contributed by atoms with Gasteiger partial charge in [-0.3, -0.25) is 14.2 Å². The van der Waals surface area contributed by atoms with Crippen molar-refractivity contribution >= 4 is 19.7 Å². The minimum atomic E-state index is -4.69. The van der Waals surface area contributed by atoms with E-state index in [4.69, 9.17) is 13.8 Å². The van der Waals surface area contributed by atoms with Crippen molar-refractivity contribution in [3.8, 4) is 0 Å². The molecule has 0 aliphatic carbocycles. The summed E-state index contributed by atoms with van der Waals surface area (Å²) in [6, 6.07) is -0.883. The van der Waals surface area contributed by atoms with Gasteiger partial charge >= 0.3 is 5.97 Å². The molecule has 0 heterocycles. The summed E-state index contributed by atoms with van der Waals surface area (Å²) in [6.45, 7) is 6.89. The summed E-state index contributed by atoms with van der Waals surface area (Å²) < 4.78 is 30.4. The molecule has 77 heavy (non-hydrogen) atoms. The van der Waals surface area contributed by atoms with E-state index in [0.717, 1.165) is 57.8 Å². The maximum atomic E-state index is 13.6. The Morgan fingerprint density at radius 3 is 1.10 bits per heavy atom. The van der Waals surface area contributed by atoms with Gasteiger partial charge in [0.05, 0.1) is 33.8 Å². The van der Waals surface area contributed by atoms with Crippen LogP contribution in [0.15, 0.2) is 24.3 Å². The molecule has 0 aromatic carbocycles. The Labute approximate surface area is 479 Å². The molecular weight excluding hydrogens is 976 g/mol. The van der Waals surface area contributed by atoms with E-state index in [0.29, 0.717) is 17.4 Å². The first-order chi connectivity index (χ1) is 37.4. The number of likely N-dealkylation sites (N-methyl/N-ethyl adjacent to an activating group) is 1. The van der Waals surface area contributed by atoms with Gasteiger partial charge in [0.2, 0.25) is 5.91 Å². The highest BCUT2D eigenvalue weighted by atomic mass is 31.2. The Bertz CT molecular complexity index is 1370. The number of esters is 1. The second-order valence-corrected chi connectivity index (χ2v) is 25.7. The van der Waals surface area contributed by atoms with E-state index in [2.05, 4.69) is 38.2 Å². The average molecular weight is 1110 g/mol. The molecule has 9 nitrogen and oxygen atoms in total. The average Bonchev–Trinajstić information content (AvgIpc) is 3.39. The van der Waals surface area contributed by atoms with Gasteiger partial charge in [-0.05, 0) is 57.4 Å². The molecule has 0 spiro atoms. The topological polar surface area (TPSA) is 114 Å². The summed E-state index contributed by atoms with van der Waals surface area (Å²) in [5.41, 5.74) is 0. The number of phosphoric acid groups is 1. The predicted octanol–water partition coefficient (Wildman–Crippen LogP) is 20.3. The largest absolute Gasteiger partial charge is 0.756 e. The van der Waals surface area contributed by atoms with E-state index in [1.165, 1.54) is 250 Å². The molecule has 10 heteroatoms. The summed E-state index contributed by atoms with van der Waals surface area (Å²) in [7, 11) is 1.20. The summed E-state index contributed by atoms with van der Waals surface area (Å²) in [5.74, 6) is -0.522. The number of carbonyl (C=O) groups excluding carboxylic acids is 2. The number of unbranched alkanes of at least 4 members (excludes halogenated alkanes) is 44. The molecule has 0 saturated heterocycles. The van der Waals surface area contributed by atoms with Crippen LogP contribution in [-0.2, 0) is 27.9 Å². The quantitative estimate of drug-likeness (QED) is 0.0212. The van der Waals surface area contributed by atoms with Crippen molar-refractivity contribution in [2.45, 2.75) is 354 Å². The summed E-state index contributed by atoms with van der Waals surface area (Å²) >= 11 is 0. The lowest BCUT2D eigenvalue weighted by molar-refractivity contribution is -0.870. The maximum Gasteiger partial charge on any atom is 0.306 e. The first-order valence-electron chi connectivity index (χ1n) is 33.6. The minimum absolute atomic E-state index is 0.0186. The monoisotopic (exact) mass is 1110 g/mol. The van der Waals surface area contributed by atoms with E-state index < -0.39 is 20.0 Å². The molecular formula is C67H131N2O7P. The molecule has 0 fully saturated rings. The number of allylic oxidation sites excluding steroid dienone is 3. The number of rotatable bonds is 62. The van der Waals surface area contributed by atoms with Crippen LogP contribution in [0.2, 0.25) is 0 Å². The Morgan fingerprint density at radius 2 is 0.753 bits per heavy atom. The number of phosphoric ester groups is 1. The molecule has 1 N–H and O–H groups in total. The number of carbonyl (C=O) groups is 2. The maximum absolute atomic E-state index is 13.6. The summed E-state index contributed by atoms with van der Waals surface area (Å²) in [6.07, 6.45) is 68.6. The number of nitrogens with zero attached hydrogens (tertiary/aromatic N) is 1. The number of hydrogen-bond acceptors (Lipinski definition) is 7. The van der Waals surface area contributed by atoms with Gasteiger partial charge < -0.3 is 28.5 Å². The Hall–Kier alpha value is -1.51. The van der Waals surface area contributed by atoms with Crippen LogP contribution in [0.4, 0.5) is 0 Å². The van der Waals surface area contributed by atoms with Crippen LogP contribution in [0.3, 0.4) is 0 Å². The van der Waals surface area contributed by atoms with Crippen LogP contribution in [0.1, 0.15) is 342 Å². The number of amides is 1. The number of nitrogens with one attached hydrogen (secondary N) is 1. The second kappa shape index (κ2) is 57.7. The van der Waals surface area contributed by atoms with Gasteiger partial charge in [0.25, 0.3) is 7.82 Å². The van der Waals surface area contributed by atoms with Gasteiger partial charge in [-0.1, -0.05) is 296 Å². The van der Waals surface area contributed by atoms with Gasteiger partial charge in [0.1, 0.15) is 19.3 Å². The molecule has 456 valence electrons. The standard InChI is InChI=1S/C67H131N2O7P/c1-7-10-13-16-19-22-25-27-29-31-33-34-36-37-39-41-44-47-50-53-56-59-66(70)68-64(63-75-77(72,73)74-62-61-69(4,5)6)65(58-55-52-49-46-43-24-21-18-15-12-9-3)76-67(71)60-57-54-51-48-45-42-40-38-35-32-30-28-26-23-20-17-14-11-8-2/h27,29,55,58,64-65H,7-26,28,30-54,56-57,59-63H2,1-6H3,(H-,68,70,72,73)/b29-27+,58-55+. The molecule has 1 amide bonds. The molecule has 0 aliphatic heterocycles. The van der Waals surface area contributed by atoms with Gasteiger partial charge in [-0.2, -0.15) is 0 Å². The van der Waals surface area contributed by atoms with E-state index >= 15 is 0 Å². The van der Waals surface area contributed by atoms with Crippen LogP contribution < -0.4 is 10.2 Å². The van der Waals surface area contributed by atoms with Gasteiger partial charge in [0.15, 0.2) is 0 Å². The third-order valence-electron chi connectivity index (χ3n) is 15.4. The van der Waals surface area contributed by atoms with Gasteiger partial charge in [-0.15, -0.1) is 0 Å². The summed E-state index contributed by atoms with van der Waals surface area (Å²) in [4.78, 5) is 40.1. The zero-order chi connectivity index (χ0) is 56.4. The minimum Gasteiger partial charge on any atom is -0.756 e. The lowest BCUT2D eigenvalue weighted by Crippen LogP contribution is -2.47. The van der Waals surface area contributed by atoms with Gasteiger partial charge in [-0.25, -0.2) is 0 Å². The first-order valence-corrected chi connectivity index (χ1v) is 35.1. The zero-order valence-corrected chi connectivity index (χ0v) is 53.1. The summed E-state index contributed by atoms with van der Waals surface area (Å²) in [5, 5.41) is 3.04. The van der Waals surface area contributed by atoms with Crippen molar-refractivity contribution in [1.82, 2.24) is 5.32 Å². The highest BCUT2D eigenvalue weighted by Crippen LogP contribution is 2.38. The van der Waals surface area contributed by atoms with Crippen LogP contribution in [0.5, 0.6) is 0 Å². The smallest absolute Gasteiger partial charge is 0.306 e. The van der Waals surface area contributed by atoms with Crippen LogP contribution in [0, 0.1) is 0 Å². The van der Waals surface area contributed by atoms with Gasteiger partial charge in [0, 0.05) is 12.8 Å². The van der Waals surface area contributed by atoms with Crippen molar-refractivity contribution in [2.24, 2.45) is 0 Å². The molecule has 0 bridgehead atoms. The third-order valence-corrected chi connectivity index (χ3v) is 16.3. The molecule has 0 radical (unpaired) electrons. The van der Waals surface area contributed by atoms with Crippen molar-refractivity contribution in [3.63, 3.8) is 0 Å². The molecule has 0 rings (SSSR count). The van der Waals surface area contributed by atoms with E-state index in [9.17, 15) is 19.0 Å². The molecule has 0 saturated carbocycles. The van der Waals surface area contributed by atoms with Crippen LogP contribution in [0.25, 0.3) is 0 Å². The third kappa shape index (κ3) is 58.9. The predicted molar refractivity (Wildman–Crippen MR) is 330 cm³/mol. The van der Waals surface area contributed by atoms with Crippen molar-refractivity contribution in [1.29, 1.82) is 0 Å². The number of hydrogen-bond donors (Lipinski definition) is 1. The molecule has 0 aliphatic rings. The zero-order valence-electron chi connectivity index (χ0n) is 52.2.